The number of hydrogen-bond acceptors (Lipinski definition) is 4. The third-order valence-electron chi connectivity index (χ3n) is 3.50. The van der Waals surface area contributed by atoms with Gasteiger partial charge >= 0.3 is 0 Å². The van der Waals surface area contributed by atoms with Gasteiger partial charge < -0.3 is 20.1 Å². The van der Waals surface area contributed by atoms with Gasteiger partial charge in [-0.25, -0.2) is 0 Å². The lowest BCUT2D eigenvalue weighted by molar-refractivity contribution is -0.128. The Balaban J connectivity index is 2.21. The lowest BCUT2D eigenvalue weighted by atomic mass is 10.0. The summed E-state index contributed by atoms with van der Waals surface area (Å²) in [6.07, 6.45) is -0.436. The Morgan fingerprint density at radius 1 is 1.38 bits per heavy atom. The van der Waals surface area contributed by atoms with Crippen LogP contribution in [0.15, 0.2) is 18.2 Å². The second-order valence-corrected chi connectivity index (χ2v) is 5.64. The maximum atomic E-state index is 12.6. The number of nitrogens with zero attached hydrogens (tertiary/aromatic N) is 1. The standard InChI is InChI=1S/C16H24N2O3/c1-11(2)15-16(19)18(7-9-20-8-6-17)13-5-4-12(3)10-14(13)21-15/h4-5,10-11,15H,6-9,17H2,1-3H3. The van der Waals surface area contributed by atoms with E-state index in [2.05, 4.69) is 0 Å². The molecule has 0 saturated heterocycles. The van der Waals surface area contributed by atoms with Crippen molar-refractivity contribution in [2.24, 2.45) is 11.7 Å². The van der Waals surface area contributed by atoms with Crippen LogP contribution in [0.25, 0.3) is 0 Å². The summed E-state index contributed by atoms with van der Waals surface area (Å²) < 4.78 is 11.3. The number of ether oxygens (including phenoxy) is 2. The SMILES string of the molecule is Cc1ccc2c(c1)OC(C(C)C)C(=O)N2CCOCCN. The average Bonchev–Trinajstić information content (AvgIpc) is 2.44. The molecule has 2 N–H and O–H groups in total. The molecule has 0 aromatic heterocycles. The molecule has 1 unspecified atom stereocenters. The number of carbonyl (C=O) groups is 1. The highest BCUT2D eigenvalue weighted by Crippen LogP contribution is 2.36. The van der Waals surface area contributed by atoms with Crippen molar-refractivity contribution < 1.29 is 14.3 Å². The van der Waals surface area contributed by atoms with Crippen molar-refractivity contribution in [3.63, 3.8) is 0 Å². The third-order valence-corrected chi connectivity index (χ3v) is 3.50. The Labute approximate surface area is 126 Å². The molecule has 0 radical (unpaired) electrons. The fraction of sp³-hybridized carbons (Fsp3) is 0.562. The molecule has 0 saturated carbocycles. The van der Waals surface area contributed by atoms with E-state index in [0.29, 0.717) is 26.3 Å². The smallest absolute Gasteiger partial charge is 0.268 e. The Morgan fingerprint density at radius 3 is 2.81 bits per heavy atom. The third kappa shape index (κ3) is 3.54. The largest absolute Gasteiger partial charge is 0.478 e. The van der Waals surface area contributed by atoms with Crippen molar-refractivity contribution >= 4 is 11.6 Å². The fourth-order valence-electron chi connectivity index (χ4n) is 2.39. The first-order chi connectivity index (χ1) is 10.0. The van der Waals surface area contributed by atoms with E-state index in [1.165, 1.54) is 0 Å². The first kappa shape index (κ1) is 15.8. The van der Waals surface area contributed by atoms with E-state index in [1.54, 1.807) is 4.90 Å². The van der Waals surface area contributed by atoms with Crippen molar-refractivity contribution in [2.45, 2.75) is 26.9 Å². The first-order valence-electron chi connectivity index (χ1n) is 7.41. The molecule has 116 valence electrons. The van der Waals surface area contributed by atoms with Gasteiger partial charge in [-0.15, -0.1) is 0 Å². The van der Waals surface area contributed by atoms with Crippen molar-refractivity contribution in [2.75, 3.05) is 31.2 Å². The van der Waals surface area contributed by atoms with Crippen molar-refractivity contribution in [3.8, 4) is 5.75 Å². The number of carbonyl (C=O) groups excluding carboxylic acids is 1. The maximum absolute atomic E-state index is 12.6. The molecular weight excluding hydrogens is 268 g/mol. The molecule has 1 amide bonds. The highest BCUT2D eigenvalue weighted by molar-refractivity contribution is 6.00. The topological polar surface area (TPSA) is 64.8 Å². The average molecular weight is 292 g/mol. The minimum Gasteiger partial charge on any atom is -0.478 e. The summed E-state index contributed by atoms with van der Waals surface area (Å²) in [6, 6.07) is 5.89. The minimum absolute atomic E-state index is 0.00213. The van der Waals surface area contributed by atoms with Crippen LogP contribution < -0.4 is 15.4 Å². The molecular formula is C16H24N2O3. The second-order valence-electron chi connectivity index (χ2n) is 5.64. The molecule has 0 aliphatic carbocycles. The molecule has 0 spiro atoms. The Hall–Kier alpha value is -1.59. The quantitative estimate of drug-likeness (QED) is 0.811. The van der Waals surface area contributed by atoms with Crippen LogP contribution in [0, 0.1) is 12.8 Å². The molecule has 2 rings (SSSR count). The van der Waals surface area contributed by atoms with Gasteiger partial charge in [-0.2, -0.15) is 0 Å². The lowest BCUT2D eigenvalue weighted by Crippen LogP contribution is -2.49. The van der Waals surface area contributed by atoms with Gasteiger partial charge in [0.2, 0.25) is 0 Å². The van der Waals surface area contributed by atoms with Gasteiger partial charge in [0.25, 0.3) is 5.91 Å². The molecule has 21 heavy (non-hydrogen) atoms. The number of rotatable bonds is 6. The van der Waals surface area contributed by atoms with Crippen molar-refractivity contribution in [1.82, 2.24) is 0 Å². The van der Waals surface area contributed by atoms with E-state index < -0.39 is 6.10 Å². The molecule has 0 fully saturated rings. The van der Waals surface area contributed by atoms with Crippen LogP contribution in [-0.4, -0.2) is 38.3 Å². The first-order valence-corrected chi connectivity index (χ1v) is 7.41. The van der Waals surface area contributed by atoms with Crippen LogP contribution in [0.2, 0.25) is 0 Å². The van der Waals surface area contributed by atoms with Crippen LogP contribution in [0.4, 0.5) is 5.69 Å². The number of aryl methyl sites for hydroxylation is 1. The number of fused-ring (bicyclic) bond motifs is 1. The van der Waals surface area contributed by atoms with E-state index >= 15 is 0 Å². The van der Waals surface area contributed by atoms with Crippen molar-refractivity contribution in [3.05, 3.63) is 23.8 Å². The van der Waals surface area contributed by atoms with Gasteiger partial charge in [-0.1, -0.05) is 19.9 Å². The van der Waals surface area contributed by atoms with E-state index in [1.807, 2.05) is 39.0 Å². The molecule has 1 aromatic rings. The number of benzene rings is 1. The summed E-state index contributed by atoms with van der Waals surface area (Å²) in [4.78, 5) is 14.4. The Bertz CT molecular complexity index is 502. The molecule has 5 heteroatoms. The van der Waals surface area contributed by atoms with Gasteiger partial charge in [0.1, 0.15) is 5.75 Å². The summed E-state index contributed by atoms with van der Waals surface area (Å²) >= 11 is 0. The van der Waals surface area contributed by atoms with Gasteiger partial charge in [0, 0.05) is 13.1 Å². The molecule has 0 bridgehead atoms. The number of amides is 1. The molecule has 1 aromatic carbocycles. The summed E-state index contributed by atoms with van der Waals surface area (Å²) in [6.45, 7) is 7.98. The molecule has 1 heterocycles. The Morgan fingerprint density at radius 2 is 2.14 bits per heavy atom. The van der Waals surface area contributed by atoms with Crippen molar-refractivity contribution in [1.29, 1.82) is 0 Å². The van der Waals surface area contributed by atoms with Crippen LogP contribution in [0.5, 0.6) is 5.75 Å². The molecule has 5 nitrogen and oxygen atoms in total. The number of hydrogen-bond donors (Lipinski definition) is 1. The highest BCUT2D eigenvalue weighted by Gasteiger charge is 2.36. The molecule has 1 atom stereocenters. The van der Waals surface area contributed by atoms with Crippen LogP contribution in [-0.2, 0) is 9.53 Å². The van der Waals surface area contributed by atoms with Gasteiger partial charge in [0.15, 0.2) is 6.10 Å². The predicted octanol–water partition coefficient (Wildman–Crippen LogP) is 1.72. The van der Waals surface area contributed by atoms with E-state index in [4.69, 9.17) is 15.2 Å². The second kappa shape index (κ2) is 6.91. The highest BCUT2D eigenvalue weighted by atomic mass is 16.5. The van der Waals surface area contributed by atoms with Crippen LogP contribution in [0.3, 0.4) is 0 Å². The summed E-state index contributed by atoms with van der Waals surface area (Å²) in [5, 5.41) is 0. The lowest BCUT2D eigenvalue weighted by Gasteiger charge is -2.36. The molecule has 1 aliphatic rings. The summed E-state index contributed by atoms with van der Waals surface area (Å²) in [5.41, 5.74) is 7.34. The zero-order valence-electron chi connectivity index (χ0n) is 13.0. The summed E-state index contributed by atoms with van der Waals surface area (Å²) in [7, 11) is 0. The monoisotopic (exact) mass is 292 g/mol. The number of anilines is 1. The van der Waals surface area contributed by atoms with Gasteiger partial charge in [0.05, 0.1) is 18.9 Å². The van der Waals surface area contributed by atoms with Gasteiger partial charge in [-0.3, -0.25) is 4.79 Å². The van der Waals surface area contributed by atoms with Crippen LogP contribution in [0.1, 0.15) is 19.4 Å². The Kier molecular flexibility index (Phi) is 5.20. The zero-order valence-corrected chi connectivity index (χ0v) is 13.0. The summed E-state index contributed by atoms with van der Waals surface area (Å²) in [5.74, 6) is 0.892. The maximum Gasteiger partial charge on any atom is 0.268 e. The van der Waals surface area contributed by atoms with E-state index in [9.17, 15) is 4.79 Å². The number of nitrogens with two attached hydrogens (primary N) is 1. The molecule has 1 aliphatic heterocycles. The van der Waals surface area contributed by atoms with Crippen LogP contribution >= 0.6 is 0 Å². The van der Waals surface area contributed by atoms with Gasteiger partial charge in [-0.05, 0) is 30.5 Å². The normalized spacial score (nSPS) is 17.9. The minimum atomic E-state index is -0.436. The predicted molar refractivity (Wildman–Crippen MR) is 82.7 cm³/mol. The fourth-order valence-corrected chi connectivity index (χ4v) is 2.39. The zero-order chi connectivity index (χ0) is 15.4. The van der Waals surface area contributed by atoms with E-state index in [-0.39, 0.29) is 11.8 Å². The van der Waals surface area contributed by atoms with E-state index in [0.717, 1.165) is 17.0 Å².